The zero-order valence-electron chi connectivity index (χ0n) is 14.6. The molecule has 4 heteroatoms. The summed E-state index contributed by atoms with van der Waals surface area (Å²) in [7, 11) is 0. The number of hydrogen-bond acceptors (Lipinski definition) is 4. The van der Waals surface area contributed by atoms with E-state index in [1.807, 2.05) is 31.2 Å². The van der Waals surface area contributed by atoms with E-state index in [1.54, 1.807) is 40.2 Å². The van der Waals surface area contributed by atoms with Gasteiger partial charge >= 0.3 is 0 Å². The van der Waals surface area contributed by atoms with Gasteiger partial charge in [-0.15, -0.1) is 0 Å². The van der Waals surface area contributed by atoms with Gasteiger partial charge in [-0.3, -0.25) is 4.79 Å². The van der Waals surface area contributed by atoms with Crippen LogP contribution in [0.15, 0.2) is 47.0 Å². The zero-order chi connectivity index (χ0) is 17.7. The number of aryl methyl sites for hydroxylation is 1. The van der Waals surface area contributed by atoms with Gasteiger partial charge in [-0.1, -0.05) is 12.1 Å². The molecule has 0 bridgehead atoms. The number of carbonyl (C=O) groups is 1. The van der Waals surface area contributed by atoms with E-state index in [9.17, 15) is 9.90 Å². The average Bonchev–Trinajstić information content (AvgIpc) is 3.01. The molecule has 0 amide bonds. The predicted octanol–water partition coefficient (Wildman–Crippen LogP) is 4.68. The number of ketones is 1. The first kappa shape index (κ1) is 16.5. The highest BCUT2D eigenvalue weighted by molar-refractivity contribution is 6.26. The fourth-order valence-electron chi connectivity index (χ4n) is 3.19. The molecule has 0 spiro atoms. The molecule has 4 nitrogen and oxygen atoms in total. The molecule has 0 unspecified atom stereocenters. The fraction of sp³-hybridized carbons (Fsp3) is 0.350. The van der Waals surface area contributed by atoms with Crippen LogP contribution in [0.4, 0.5) is 0 Å². The molecule has 1 aromatic heterocycles. The van der Waals surface area contributed by atoms with Crippen LogP contribution in [0.3, 0.4) is 0 Å². The number of ether oxygens (including phenoxy) is 1. The van der Waals surface area contributed by atoms with E-state index < -0.39 is 11.2 Å². The molecule has 1 aromatic carbocycles. The molecule has 24 heavy (non-hydrogen) atoms. The van der Waals surface area contributed by atoms with Crippen LogP contribution in [-0.2, 0) is 9.53 Å². The van der Waals surface area contributed by atoms with Gasteiger partial charge in [-0.25, -0.2) is 0 Å². The minimum atomic E-state index is -0.997. The summed E-state index contributed by atoms with van der Waals surface area (Å²) < 4.78 is 11.0. The van der Waals surface area contributed by atoms with Crippen LogP contribution in [0.2, 0.25) is 0 Å². The van der Waals surface area contributed by atoms with Gasteiger partial charge in [0.1, 0.15) is 17.0 Å². The zero-order valence-corrected chi connectivity index (χ0v) is 14.6. The molecule has 1 aliphatic rings. The first-order valence-corrected chi connectivity index (χ1v) is 7.96. The largest absolute Gasteiger partial charge is 0.508 e. The Morgan fingerprint density at radius 2 is 1.71 bits per heavy atom. The SMILES string of the molecule is Cc1ccc(-c2ccoc2)cc1C1=C(O)C(C)(C)OC(C)(C)C1=O. The summed E-state index contributed by atoms with van der Waals surface area (Å²) in [5.74, 6) is -0.244. The Bertz CT molecular complexity index is 823. The van der Waals surface area contributed by atoms with Crippen LogP contribution in [0.25, 0.3) is 16.7 Å². The topological polar surface area (TPSA) is 59.7 Å². The van der Waals surface area contributed by atoms with Crippen molar-refractivity contribution < 1.29 is 19.1 Å². The van der Waals surface area contributed by atoms with E-state index >= 15 is 0 Å². The highest BCUT2D eigenvalue weighted by atomic mass is 16.5. The number of carbonyl (C=O) groups excluding carboxylic acids is 1. The van der Waals surface area contributed by atoms with Gasteiger partial charge in [0.15, 0.2) is 5.78 Å². The van der Waals surface area contributed by atoms with Crippen LogP contribution < -0.4 is 0 Å². The number of furan rings is 1. The fourth-order valence-corrected chi connectivity index (χ4v) is 3.19. The third-order valence-corrected chi connectivity index (χ3v) is 4.45. The molecule has 3 rings (SSSR count). The van der Waals surface area contributed by atoms with Crippen molar-refractivity contribution in [3.63, 3.8) is 0 Å². The van der Waals surface area contributed by atoms with Gasteiger partial charge in [-0.2, -0.15) is 0 Å². The molecule has 0 fully saturated rings. The highest BCUT2D eigenvalue weighted by Gasteiger charge is 2.47. The number of aliphatic hydroxyl groups is 1. The maximum absolute atomic E-state index is 12.9. The Hall–Kier alpha value is -2.33. The lowest BCUT2D eigenvalue weighted by atomic mass is 9.81. The van der Waals surface area contributed by atoms with Crippen molar-refractivity contribution in [2.45, 2.75) is 45.8 Å². The van der Waals surface area contributed by atoms with Crippen LogP contribution in [0, 0.1) is 6.92 Å². The predicted molar refractivity (Wildman–Crippen MR) is 92.7 cm³/mol. The Morgan fingerprint density at radius 3 is 2.33 bits per heavy atom. The second-order valence-corrected chi connectivity index (χ2v) is 7.22. The molecule has 1 aliphatic heterocycles. The highest BCUT2D eigenvalue weighted by Crippen LogP contribution is 2.41. The summed E-state index contributed by atoms with van der Waals surface area (Å²) >= 11 is 0. The van der Waals surface area contributed by atoms with Crippen molar-refractivity contribution in [3.8, 4) is 11.1 Å². The van der Waals surface area contributed by atoms with E-state index in [2.05, 4.69) is 0 Å². The summed E-state index contributed by atoms with van der Waals surface area (Å²) in [6.07, 6.45) is 3.26. The van der Waals surface area contributed by atoms with E-state index in [-0.39, 0.29) is 11.5 Å². The monoisotopic (exact) mass is 326 g/mol. The van der Waals surface area contributed by atoms with Gasteiger partial charge < -0.3 is 14.3 Å². The maximum atomic E-state index is 12.9. The van der Waals surface area contributed by atoms with E-state index in [0.717, 1.165) is 22.3 Å². The molecule has 2 aromatic rings. The average molecular weight is 326 g/mol. The number of rotatable bonds is 2. The van der Waals surface area contributed by atoms with Crippen LogP contribution in [-0.4, -0.2) is 22.1 Å². The molecule has 0 atom stereocenters. The molecular weight excluding hydrogens is 304 g/mol. The van der Waals surface area contributed by atoms with Crippen molar-refractivity contribution in [2.24, 2.45) is 0 Å². The minimum Gasteiger partial charge on any atom is -0.508 e. The van der Waals surface area contributed by atoms with Crippen molar-refractivity contribution in [2.75, 3.05) is 0 Å². The smallest absolute Gasteiger partial charge is 0.198 e. The third kappa shape index (κ3) is 2.57. The summed E-state index contributed by atoms with van der Waals surface area (Å²) in [6.45, 7) is 8.94. The van der Waals surface area contributed by atoms with Crippen LogP contribution >= 0.6 is 0 Å². The van der Waals surface area contributed by atoms with E-state index in [0.29, 0.717) is 5.57 Å². The lowest BCUT2D eigenvalue weighted by Crippen LogP contribution is -2.49. The van der Waals surface area contributed by atoms with E-state index in [1.165, 1.54) is 0 Å². The molecule has 0 saturated carbocycles. The number of aliphatic hydroxyl groups excluding tert-OH is 1. The molecule has 0 aliphatic carbocycles. The Balaban J connectivity index is 2.23. The molecule has 0 radical (unpaired) electrons. The summed E-state index contributed by atoms with van der Waals surface area (Å²) in [5.41, 5.74) is 1.91. The number of benzene rings is 1. The molecule has 0 saturated heterocycles. The standard InChI is InChI=1S/C20H22O4/c1-12-6-7-13(14-8-9-23-11-14)10-15(12)16-17(21)19(2,3)24-20(4,5)18(16)22/h6-11,21H,1-5H3. The summed E-state index contributed by atoms with van der Waals surface area (Å²) in [4.78, 5) is 12.9. The molecular formula is C20H22O4. The second kappa shape index (κ2) is 5.35. The van der Waals surface area contributed by atoms with Crippen molar-refractivity contribution in [3.05, 3.63) is 53.7 Å². The first-order valence-electron chi connectivity index (χ1n) is 7.96. The third-order valence-electron chi connectivity index (χ3n) is 4.45. The summed E-state index contributed by atoms with van der Waals surface area (Å²) in [6, 6.07) is 7.70. The lowest BCUT2D eigenvalue weighted by Gasteiger charge is -2.40. The normalized spacial score (nSPS) is 19.6. The Kier molecular flexibility index (Phi) is 3.68. The molecule has 2 heterocycles. The van der Waals surface area contributed by atoms with Gasteiger partial charge in [0.05, 0.1) is 18.1 Å². The van der Waals surface area contributed by atoms with Gasteiger partial charge in [0.25, 0.3) is 0 Å². The van der Waals surface area contributed by atoms with Gasteiger partial charge in [0.2, 0.25) is 0 Å². The van der Waals surface area contributed by atoms with Crippen molar-refractivity contribution >= 4 is 11.4 Å². The van der Waals surface area contributed by atoms with Crippen molar-refractivity contribution in [1.29, 1.82) is 0 Å². The van der Waals surface area contributed by atoms with Gasteiger partial charge in [-0.05, 0) is 63.4 Å². The number of hydrogen-bond donors (Lipinski definition) is 1. The van der Waals surface area contributed by atoms with Crippen LogP contribution in [0.1, 0.15) is 38.8 Å². The lowest BCUT2D eigenvalue weighted by molar-refractivity contribution is -0.158. The Morgan fingerprint density at radius 1 is 1.00 bits per heavy atom. The first-order chi connectivity index (χ1) is 11.1. The quantitative estimate of drug-likeness (QED) is 0.870. The molecule has 126 valence electrons. The Labute approximate surface area is 141 Å². The van der Waals surface area contributed by atoms with Crippen LogP contribution in [0.5, 0.6) is 0 Å². The number of Topliss-reactive ketones (excluding diaryl/α,β-unsaturated/α-hetero) is 1. The molecule has 1 N–H and O–H groups in total. The minimum absolute atomic E-state index is 0.0285. The maximum Gasteiger partial charge on any atom is 0.198 e. The van der Waals surface area contributed by atoms with Crippen molar-refractivity contribution in [1.82, 2.24) is 0 Å². The van der Waals surface area contributed by atoms with E-state index in [4.69, 9.17) is 9.15 Å². The second-order valence-electron chi connectivity index (χ2n) is 7.22. The van der Waals surface area contributed by atoms with Gasteiger partial charge in [0, 0.05) is 5.56 Å². The summed E-state index contributed by atoms with van der Waals surface area (Å²) in [5, 5.41) is 10.7.